The van der Waals surface area contributed by atoms with Gasteiger partial charge in [-0.3, -0.25) is 9.59 Å². The number of carbonyl (C=O) groups excluding carboxylic acids is 2. The number of carbonyl (C=O) groups is 2. The van der Waals surface area contributed by atoms with E-state index in [4.69, 9.17) is 17.3 Å². The topological polar surface area (TPSA) is 118 Å². The zero-order valence-electron chi connectivity index (χ0n) is 17.4. The van der Waals surface area contributed by atoms with Crippen molar-refractivity contribution in [3.05, 3.63) is 59.6 Å². The summed E-state index contributed by atoms with van der Waals surface area (Å²) in [4.78, 5) is 30.8. The summed E-state index contributed by atoms with van der Waals surface area (Å²) in [5, 5.41) is 10.4. The molecule has 0 saturated carbocycles. The molecular weight excluding hydrogens is 430 g/mol. The Morgan fingerprint density at radius 1 is 1.06 bits per heavy atom. The highest BCUT2D eigenvalue weighted by atomic mass is 35.5. The quantitative estimate of drug-likeness (QED) is 0.506. The monoisotopic (exact) mass is 453 g/mol. The molecule has 166 valence electrons. The van der Waals surface area contributed by atoms with Crippen molar-refractivity contribution in [3.8, 4) is 5.69 Å². The van der Waals surface area contributed by atoms with Crippen molar-refractivity contribution in [2.75, 3.05) is 35.2 Å². The molecule has 0 atom stereocenters. The SMILES string of the molecule is NC(=O)c1cc(N2CCCCC2)ccc1NCC(=O)Nc1cc(Cl)ccc1-n1cncn1. The first kappa shape index (κ1) is 21.6. The molecule has 2 heterocycles. The van der Waals surface area contributed by atoms with Gasteiger partial charge in [-0.2, -0.15) is 5.10 Å². The normalized spacial score (nSPS) is 13.6. The van der Waals surface area contributed by atoms with Crippen LogP contribution in [0.25, 0.3) is 5.69 Å². The van der Waals surface area contributed by atoms with E-state index < -0.39 is 5.91 Å². The Morgan fingerprint density at radius 3 is 2.59 bits per heavy atom. The number of amides is 2. The van der Waals surface area contributed by atoms with E-state index in [0.717, 1.165) is 31.6 Å². The summed E-state index contributed by atoms with van der Waals surface area (Å²) >= 11 is 6.10. The van der Waals surface area contributed by atoms with E-state index in [1.54, 1.807) is 30.3 Å². The van der Waals surface area contributed by atoms with E-state index in [1.165, 1.54) is 23.8 Å². The minimum Gasteiger partial charge on any atom is -0.375 e. The van der Waals surface area contributed by atoms with Gasteiger partial charge in [0.15, 0.2) is 0 Å². The largest absolute Gasteiger partial charge is 0.375 e. The van der Waals surface area contributed by atoms with Gasteiger partial charge in [-0.05, 0) is 55.7 Å². The van der Waals surface area contributed by atoms with Crippen molar-refractivity contribution in [1.29, 1.82) is 0 Å². The second kappa shape index (κ2) is 9.69. The van der Waals surface area contributed by atoms with Crippen LogP contribution in [0, 0.1) is 0 Å². The number of nitrogens with one attached hydrogen (secondary N) is 2. The summed E-state index contributed by atoms with van der Waals surface area (Å²) in [6.45, 7) is 1.86. The minimum atomic E-state index is -0.546. The van der Waals surface area contributed by atoms with Crippen molar-refractivity contribution >= 4 is 40.5 Å². The van der Waals surface area contributed by atoms with Gasteiger partial charge < -0.3 is 21.3 Å². The lowest BCUT2D eigenvalue weighted by Crippen LogP contribution is -2.30. The molecule has 2 aromatic carbocycles. The fourth-order valence-corrected chi connectivity index (χ4v) is 3.92. The Morgan fingerprint density at radius 2 is 1.88 bits per heavy atom. The standard InChI is InChI=1S/C22H24ClN7O2/c23-15-4-7-20(30-14-25-13-27-30)19(10-15)28-21(31)12-26-18-6-5-16(11-17(18)22(24)32)29-8-2-1-3-9-29/h4-7,10-11,13-14,26H,1-3,8-9,12H2,(H2,24,32)(H,28,31). The molecule has 2 amide bonds. The lowest BCUT2D eigenvalue weighted by Gasteiger charge is -2.29. The van der Waals surface area contributed by atoms with Crippen molar-refractivity contribution in [1.82, 2.24) is 14.8 Å². The van der Waals surface area contributed by atoms with Gasteiger partial charge >= 0.3 is 0 Å². The summed E-state index contributed by atoms with van der Waals surface area (Å²) in [6.07, 6.45) is 6.42. The van der Waals surface area contributed by atoms with Gasteiger partial charge in [-0.25, -0.2) is 9.67 Å². The van der Waals surface area contributed by atoms with Crippen molar-refractivity contribution < 1.29 is 9.59 Å². The molecule has 9 nitrogen and oxygen atoms in total. The highest BCUT2D eigenvalue weighted by Gasteiger charge is 2.16. The average Bonchev–Trinajstić information content (AvgIpc) is 3.33. The molecule has 32 heavy (non-hydrogen) atoms. The third-order valence-electron chi connectivity index (χ3n) is 5.33. The number of benzene rings is 2. The Hall–Kier alpha value is -3.59. The number of nitrogens with zero attached hydrogens (tertiary/aromatic N) is 4. The van der Waals surface area contributed by atoms with Crippen LogP contribution in [0.2, 0.25) is 5.02 Å². The number of hydrogen-bond acceptors (Lipinski definition) is 6. The van der Waals surface area contributed by atoms with E-state index in [1.807, 2.05) is 6.07 Å². The molecule has 4 N–H and O–H groups in total. The fraction of sp³-hybridized carbons (Fsp3) is 0.273. The summed E-state index contributed by atoms with van der Waals surface area (Å²) in [6, 6.07) is 10.6. The molecule has 1 saturated heterocycles. The number of rotatable bonds is 7. The van der Waals surface area contributed by atoms with Crippen LogP contribution in [-0.4, -0.2) is 46.2 Å². The van der Waals surface area contributed by atoms with Crippen LogP contribution in [0.15, 0.2) is 49.1 Å². The fourth-order valence-electron chi connectivity index (χ4n) is 3.75. The third kappa shape index (κ3) is 5.00. The number of nitrogens with two attached hydrogens (primary N) is 1. The second-order valence-electron chi connectivity index (χ2n) is 7.55. The lowest BCUT2D eigenvalue weighted by atomic mass is 10.1. The van der Waals surface area contributed by atoms with Crippen LogP contribution < -0.4 is 21.3 Å². The maximum atomic E-state index is 12.6. The van der Waals surface area contributed by atoms with E-state index in [9.17, 15) is 9.59 Å². The molecule has 3 aromatic rings. The van der Waals surface area contributed by atoms with Crippen LogP contribution >= 0.6 is 11.6 Å². The first-order valence-corrected chi connectivity index (χ1v) is 10.8. The maximum absolute atomic E-state index is 12.6. The smallest absolute Gasteiger partial charge is 0.250 e. The van der Waals surface area contributed by atoms with Gasteiger partial charge in [0, 0.05) is 29.5 Å². The van der Waals surface area contributed by atoms with Crippen LogP contribution in [0.1, 0.15) is 29.6 Å². The van der Waals surface area contributed by atoms with E-state index >= 15 is 0 Å². The Kier molecular flexibility index (Phi) is 6.55. The van der Waals surface area contributed by atoms with Gasteiger partial charge in [0.1, 0.15) is 12.7 Å². The summed E-state index contributed by atoms with van der Waals surface area (Å²) in [5.74, 6) is -0.862. The first-order valence-electron chi connectivity index (χ1n) is 10.4. The predicted molar refractivity (Wildman–Crippen MR) is 125 cm³/mol. The summed E-state index contributed by atoms with van der Waals surface area (Å²) in [7, 11) is 0. The maximum Gasteiger partial charge on any atom is 0.250 e. The number of aromatic nitrogens is 3. The predicted octanol–water partition coefficient (Wildman–Crippen LogP) is 3.06. The van der Waals surface area contributed by atoms with Crippen molar-refractivity contribution in [3.63, 3.8) is 0 Å². The molecule has 1 aromatic heterocycles. The van der Waals surface area contributed by atoms with Crippen molar-refractivity contribution in [2.24, 2.45) is 5.73 Å². The van der Waals surface area contributed by atoms with Crippen molar-refractivity contribution in [2.45, 2.75) is 19.3 Å². The van der Waals surface area contributed by atoms with Crippen LogP contribution in [0.3, 0.4) is 0 Å². The molecule has 1 aliphatic heterocycles. The molecule has 0 bridgehead atoms. The first-order chi connectivity index (χ1) is 15.5. The average molecular weight is 454 g/mol. The summed E-state index contributed by atoms with van der Waals surface area (Å²) in [5.41, 5.74) is 8.55. The molecule has 10 heteroatoms. The molecular formula is C22H24ClN7O2. The molecule has 4 rings (SSSR count). The van der Waals surface area contributed by atoms with Gasteiger partial charge in [0.25, 0.3) is 5.91 Å². The Labute approximate surface area is 190 Å². The minimum absolute atomic E-state index is 0.0628. The highest BCUT2D eigenvalue weighted by molar-refractivity contribution is 6.31. The van der Waals surface area contributed by atoms with Crippen LogP contribution in [0.5, 0.6) is 0 Å². The van der Waals surface area contributed by atoms with E-state index in [2.05, 4.69) is 25.6 Å². The highest BCUT2D eigenvalue weighted by Crippen LogP contribution is 2.26. The van der Waals surface area contributed by atoms with Gasteiger partial charge in [-0.1, -0.05) is 11.6 Å². The summed E-state index contributed by atoms with van der Waals surface area (Å²) < 4.78 is 1.53. The lowest BCUT2D eigenvalue weighted by molar-refractivity contribution is -0.114. The van der Waals surface area contributed by atoms with E-state index in [0.29, 0.717) is 27.6 Å². The zero-order valence-corrected chi connectivity index (χ0v) is 18.2. The van der Waals surface area contributed by atoms with Crippen LogP contribution in [0.4, 0.5) is 17.1 Å². The third-order valence-corrected chi connectivity index (χ3v) is 5.56. The van der Waals surface area contributed by atoms with Gasteiger partial charge in [0.05, 0.1) is 23.5 Å². The second-order valence-corrected chi connectivity index (χ2v) is 7.98. The molecule has 0 unspecified atom stereocenters. The molecule has 1 fully saturated rings. The van der Waals surface area contributed by atoms with Crippen LogP contribution in [-0.2, 0) is 4.79 Å². The number of hydrogen-bond donors (Lipinski definition) is 3. The number of halogens is 1. The molecule has 0 aliphatic carbocycles. The Balaban J connectivity index is 1.46. The van der Waals surface area contributed by atoms with E-state index in [-0.39, 0.29) is 12.5 Å². The van der Waals surface area contributed by atoms with Gasteiger partial charge in [0.2, 0.25) is 5.91 Å². The number of anilines is 3. The molecule has 0 spiro atoms. The Bertz CT molecular complexity index is 1110. The van der Waals surface area contributed by atoms with Gasteiger partial charge in [-0.15, -0.1) is 0 Å². The number of piperidine rings is 1. The number of primary amides is 1. The zero-order chi connectivity index (χ0) is 22.5. The molecule has 1 aliphatic rings. The molecule has 0 radical (unpaired) electrons.